The highest BCUT2D eigenvalue weighted by molar-refractivity contribution is 7.74. The van der Waals surface area contributed by atoms with Crippen molar-refractivity contribution in [2.45, 2.75) is 19.8 Å². The second-order valence-electron chi connectivity index (χ2n) is 5.65. The van der Waals surface area contributed by atoms with Crippen molar-refractivity contribution in [2.24, 2.45) is 0 Å². The van der Waals surface area contributed by atoms with Gasteiger partial charge < -0.3 is 9.13 Å². The van der Waals surface area contributed by atoms with Crippen molar-refractivity contribution in [1.29, 1.82) is 0 Å². The van der Waals surface area contributed by atoms with Crippen molar-refractivity contribution >= 4 is 19.6 Å². The molecular weight excluding hydrogens is 286 g/mol. The number of hydrogen-bond donors (Lipinski definition) is 0. The maximum Gasteiger partial charge on any atom is 0.136 e. The van der Waals surface area contributed by atoms with E-state index >= 15 is 0 Å². The van der Waals surface area contributed by atoms with Gasteiger partial charge in [-0.25, -0.2) is 0 Å². The number of benzene rings is 1. The van der Waals surface area contributed by atoms with Crippen LogP contribution in [0.3, 0.4) is 0 Å². The predicted octanol–water partition coefficient (Wildman–Crippen LogP) is 4.88. The summed E-state index contributed by atoms with van der Waals surface area (Å²) >= 11 is 0. The minimum atomic E-state index is -2.10. The van der Waals surface area contributed by atoms with E-state index < -0.39 is 14.3 Å². The molecule has 2 aliphatic heterocycles. The normalized spacial score (nSPS) is 31.6. The molecule has 0 saturated carbocycles. The summed E-state index contributed by atoms with van der Waals surface area (Å²) in [5.41, 5.74) is 1.30. The molecule has 2 nitrogen and oxygen atoms in total. The zero-order chi connectivity index (χ0) is 14.6. The third-order valence-corrected chi connectivity index (χ3v) is 8.50. The summed E-state index contributed by atoms with van der Waals surface area (Å²) in [7, 11) is -3.86. The van der Waals surface area contributed by atoms with E-state index in [4.69, 9.17) is 0 Å². The van der Waals surface area contributed by atoms with Crippen LogP contribution in [0, 0.1) is 0 Å². The fourth-order valence-electron chi connectivity index (χ4n) is 2.47. The molecule has 0 amide bonds. The lowest BCUT2D eigenvalue weighted by Gasteiger charge is -2.08. The van der Waals surface area contributed by atoms with Crippen LogP contribution in [-0.2, 0) is 9.13 Å². The molecule has 2 unspecified atom stereocenters. The Hall–Kier alpha value is -0.840. The van der Waals surface area contributed by atoms with E-state index in [1.54, 1.807) is 0 Å². The minimum Gasteiger partial charge on any atom is -0.320 e. The van der Waals surface area contributed by atoms with Gasteiger partial charge >= 0.3 is 0 Å². The summed E-state index contributed by atoms with van der Waals surface area (Å²) in [6, 6.07) is 9.75. The van der Waals surface area contributed by atoms with Gasteiger partial charge in [0.2, 0.25) is 0 Å². The molecule has 0 bridgehead atoms. The van der Waals surface area contributed by atoms with Gasteiger partial charge in [0.25, 0.3) is 0 Å². The van der Waals surface area contributed by atoms with Crippen LogP contribution in [0.5, 0.6) is 0 Å². The highest BCUT2D eigenvalue weighted by Gasteiger charge is 2.23. The van der Waals surface area contributed by atoms with Gasteiger partial charge in [-0.15, -0.1) is 0 Å². The second-order valence-corrected chi connectivity index (χ2v) is 11.6. The fraction of sp³-hybridized carbons (Fsp3) is 0.375. The Morgan fingerprint density at radius 1 is 1.05 bits per heavy atom. The Morgan fingerprint density at radius 3 is 2.15 bits per heavy atom. The molecule has 0 spiro atoms. The molecular formula is C16H22O2P2. The Kier molecular flexibility index (Phi) is 4.89. The summed E-state index contributed by atoms with van der Waals surface area (Å²) in [6.45, 7) is 3.90. The van der Waals surface area contributed by atoms with Crippen molar-refractivity contribution in [3.8, 4) is 0 Å². The van der Waals surface area contributed by atoms with Gasteiger partial charge in [-0.3, -0.25) is 0 Å². The largest absolute Gasteiger partial charge is 0.320 e. The van der Waals surface area contributed by atoms with E-state index in [0.29, 0.717) is 0 Å². The Morgan fingerprint density at radius 2 is 1.75 bits per heavy atom. The molecule has 108 valence electrons. The zero-order valence-corrected chi connectivity index (χ0v) is 13.9. The Bertz CT molecular complexity index is 615. The first kappa shape index (κ1) is 15.5. The molecule has 0 radical (unpaired) electrons. The van der Waals surface area contributed by atoms with E-state index in [-0.39, 0.29) is 0 Å². The van der Waals surface area contributed by atoms with Crippen LogP contribution in [-0.4, -0.2) is 19.0 Å². The third kappa shape index (κ3) is 4.08. The van der Waals surface area contributed by atoms with Crippen molar-refractivity contribution in [3.05, 3.63) is 53.6 Å². The van der Waals surface area contributed by atoms with Crippen LogP contribution in [0.4, 0.5) is 0 Å². The van der Waals surface area contributed by atoms with E-state index in [1.807, 2.05) is 61.6 Å². The molecule has 4 heteroatoms. The maximum atomic E-state index is 12.1. The molecule has 2 heterocycles. The highest BCUT2D eigenvalue weighted by Crippen LogP contribution is 2.50. The number of hydrogen-bond acceptors (Lipinski definition) is 2. The molecule has 2 atom stereocenters. The predicted molar refractivity (Wildman–Crippen MR) is 89.1 cm³/mol. The average molecular weight is 308 g/mol. The van der Waals surface area contributed by atoms with E-state index in [0.717, 1.165) is 30.5 Å². The molecule has 0 aliphatic carbocycles. The maximum absolute atomic E-state index is 12.1. The minimum absolute atomic E-state index is 0.816. The summed E-state index contributed by atoms with van der Waals surface area (Å²) in [5, 5.41) is 0.999. The molecule has 1 aromatic rings. The lowest BCUT2D eigenvalue weighted by Crippen LogP contribution is -2.01. The van der Waals surface area contributed by atoms with Crippen LogP contribution in [0.15, 0.2) is 53.6 Å². The van der Waals surface area contributed by atoms with Gasteiger partial charge in [-0.2, -0.15) is 0 Å². The van der Waals surface area contributed by atoms with Crippen LogP contribution in [0.25, 0.3) is 0 Å². The van der Waals surface area contributed by atoms with Crippen LogP contribution < -0.4 is 5.30 Å². The van der Waals surface area contributed by atoms with Crippen molar-refractivity contribution < 1.29 is 9.13 Å². The third-order valence-electron chi connectivity index (χ3n) is 3.61. The molecule has 0 N–H and O–H groups in total. The van der Waals surface area contributed by atoms with Crippen LogP contribution in [0.1, 0.15) is 19.8 Å². The highest BCUT2D eigenvalue weighted by atomic mass is 31.2. The van der Waals surface area contributed by atoms with Gasteiger partial charge in [-0.05, 0) is 38.1 Å². The van der Waals surface area contributed by atoms with E-state index in [1.165, 1.54) is 5.57 Å². The van der Waals surface area contributed by atoms with Gasteiger partial charge in [0.1, 0.15) is 14.3 Å². The van der Waals surface area contributed by atoms with Gasteiger partial charge in [-0.1, -0.05) is 42.0 Å². The first-order valence-electron chi connectivity index (χ1n) is 6.98. The van der Waals surface area contributed by atoms with E-state index in [2.05, 4.69) is 0 Å². The quantitative estimate of drug-likeness (QED) is 0.693. The average Bonchev–Trinajstić information content (AvgIpc) is 2.98. The monoisotopic (exact) mass is 308 g/mol. The van der Waals surface area contributed by atoms with Crippen LogP contribution in [0.2, 0.25) is 0 Å². The van der Waals surface area contributed by atoms with Crippen molar-refractivity contribution in [3.63, 3.8) is 0 Å². The number of rotatable bonds is 1. The van der Waals surface area contributed by atoms with Gasteiger partial charge in [0.05, 0.1) is 0 Å². The first-order valence-corrected chi connectivity index (χ1v) is 11.3. The number of allylic oxidation sites excluding steroid dienone is 2. The van der Waals surface area contributed by atoms with Crippen LogP contribution >= 0.6 is 14.3 Å². The summed E-state index contributed by atoms with van der Waals surface area (Å²) in [6.07, 6.45) is 5.75. The molecule has 0 aromatic heterocycles. The smallest absolute Gasteiger partial charge is 0.136 e. The molecule has 20 heavy (non-hydrogen) atoms. The van der Waals surface area contributed by atoms with Gasteiger partial charge in [0.15, 0.2) is 0 Å². The lowest BCUT2D eigenvalue weighted by molar-refractivity contribution is 0.585. The zero-order valence-electron chi connectivity index (χ0n) is 12.2. The topological polar surface area (TPSA) is 34.1 Å². The standard InChI is InChI=1S/C10H11OP.C6H11OP/c11-12(8-4-5-9-12)10-6-2-1-3-7-10;1-6-3-4-8(2,7)5-6/h1-4,6-8H,5,9H2;5H,3-4H2,1-2H3. The Balaban J connectivity index is 0.000000160. The molecule has 3 rings (SSSR count). The van der Waals surface area contributed by atoms with Gasteiger partial charge in [0, 0.05) is 17.6 Å². The summed E-state index contributed by atoms with van der Waals surface area (Å²) in [4.78, 5) is 0. The fourth-order valence-corrected chi connectivity index (χ4v) is 6.74. The molecule has 0 saturated heterocycles. The summed E-state index contributed by atoms with van der Waals surface area (Å²) in [5.74, 6) is 3.83. The SMILES string of the molecule is CC1=CP(C)(=O)CC1.O=P1(c2ccccc2)C=CCC1. The first-order chi connectivity index (χ1) is 9.41. The molecule has 1 aromatic carbocycles. The molecule has 0 fully saturated rings. The molecule has 2 aliphatic rings. The second kappa shape index (κ2) is 6.29. The van der Waals surface area contributed by atoms with E-state index in [9.17, 15) is 9.13 Å². The Labute approximate surface area is 121 Å². The lowest BCUT2D eigenvalue weighted by atomic mass is 10.3. The van der Waals surface area contributed by atoms with Crippen molar-refractivity contribution in [1.82, 2.24) is 0 Å². The van der Waals surface area contributed by atoms with Crippen molar-refractivity contribution in [2.75, 3.05) is 19.0 Å². The summed E-state index contributed by atoms with van der Waals surface area (Å²) < 4.78 is 23.3.